The van der Waals surface area contributed by atoms with Crippen LogP contribution < -0.4 is 0 Å². The Balaban J connectivity index is 3.15. The minimum Gasteiger partial charge on any atom is -0.260 e. The zero-order valence-electron chi connectivity index (χ0n) is 7.00. The van der Waals surface area contributed by atoms with Gasteiger partial charge >= 0.3 is 0 Å². The number of nitrogens with zero attached hydrogens (tertiary/aromatic N) is 2. The van der Waals surface area contributed by atoms with Gasteiger partial charge in [0.2, 0.25) is 0 Å². The van der Waals surface area contributed by atoms with E-state index in [0.29, 0.717) is 0 Å². The largest absolute Gasteiger partial charge is 0.260 e. The summed E-state index contributed by atoms with van der Waals surface area (Å²) >= 11 is 3.32. The second-order valence-corrected chi connectivity index (χ2v) is 3.59. The molecule has 1 heterocycles. The zero-order valence-corrected chi connectivity index (χ0v) is 8.59. The maximum absolute atomic E-state index is 8.71. The van der Waals surface area contributed by atoms with Gasteiger partial charge in [0.15, 0.2) is 0 Å². The van der Waals surface area contributed by atoms with Gasteiger partial charge in [0.25, 0.3) is 0 Å². The number of halogens is 1. The van der Waals surface area contributed by atoms with Gasteiger partial charge in [-0.1, -0.05) is 0 Å². The van der Waals surface area contributed by atoms with Crippen LogP contribution in [-0.4, -0.2) is 4.98 Å². The maximum atomic E-state index is 8.71. The fraction of sp³-hybridized carbons (Fsp3) is 0.333. The minimum absolute atomic E-state index is 0.0880. The summed E-state index contributed by atoms with van der Waals surface area (Å²) in [6.07, 6.45) is 1.74. The topological polar surface area (TPSA) is 36.7 Å². The minimum atomic E-state index is -0.0880. The number of hydrogen-bond acceptors (Lipinski definition) is 2. The lowest BCUT2D eigenvalue weighted by Gasteiger charge is -2.05. The van der Waals surface area contributed by atoms with Gasteiger partial charge in [-0.15, -0.1) is 0 Å². The first-order chi connectivity index (χ1) is 5.65. The van der Waals surface area contributed by atoms with Crippen molar-refractivity contribution in [3.63, 3.8) is 0 Å². The van der Waals surface area contributed by atoms with Crippen molar-refractivity contribution in [2.24, 2.45) is 0 Å². The lowest BCUT2D eigenvalue weighted by Crippen LogP contribution is -1.95. The first kappa shape index (κ1) is 9.21. The average molecular weight is 225 g/mol. The first-order valence-corrected chi connectivity index (χ1v) is 4.46. The van der Waals surface area contributed by atoms with E-state index in [0.717, 1.165) is 15.7 Å². The summed E-state index contributed by atoms with van der Waals surface area (Å²) in [6.45, 7) is 3.78. The molecule has 1 aromatic heterocycles. The second kappa shape index (κ2) is 3.68. The molecule has 0 saturated carbocycles. The molecule has 1 atom stereocenters. The lowest BCUT2D eigenvalue weighted by atomic mass is 10.0. The van der Waals surface area contributed by atoms with Crippen LogP contribution in [0.25, 0.3) is 0 Å². The molecule has 0 aliphatic carbocycles. The molecule has 0 radical (unpaired) electrons. The molecule has 0 fully saturated rings. The highest BCUT2D eigenvalue weighted by Gasteiger charge is 2.07. The van der Waals surface area contributed by atoms with Gasteiger partial charge in [0.1, 0.15) is 0 Å². The highest BCUT2D eigenvalue weighted by molar-refractivity contribution is 9.10. The van der Waals surface area contributed by atoms with Gasteiger partial charge in [0, 0.05) is 16.4 Å². The number of rotatable bonds is 1. The summed E-state index contributed by atoms with van der Waals surface area (Å²) in [5.74, 6) is -0.0880. The van der Waals surface area contributed by atoms with Crippen molar-refractivity contribution in [3.05, 3.63) is 28.0 Å². The highest BCUT2D eigenvalue weighted by Crippen LogP contribution is 2.20. The van der Waals surface area contributed by atoms with Gasteiger partial charge < -0.3 is 0 Å². The van der Waals surface area contributed by atoms with E-state index in [2.05, 4.69) is 27.0 Å². The van der Waals surface area contributed by atoms with Crippen LogP contribution in [0.1, 0.15) is 24.1 Å². The molecular formula is C9H9BrN2. The van der Waals surface area contributed by atoms with E-state index in [1.807, 2.05) is 19.9 Å². The quantitative estimate of drug-likeness (QED) is 0.736. The Labute approximate surface area is 80.4 Å². The number of aromatic nitrogens is 1. The van der Waals surface area contributed by atoms with Crippen LogP contribution in [0.2, 0.25) is 0 Å². The molecule has 1 rings (SSSR count). The van der Waals surface area contributed by atoms with Crippen molar-refractivity contribution in [2.45, 2.75) is 19.8 Å². The fourth-order valence-electron chi connectivity index (χ4n) is 1.03. The van der Waals surface area contributed by atoms with E-state index in [4.69, 9.17) is 5.26 Å². The Morgan fingerprint density at radius 3 is 2.92 bits per heavy atom. The maximum Gasteiger partial charge on any atom is 0.0702 e. The van der Waals surface area contributed by atoms with Crippen LogP contribution in [0.4, 0.5) is 0 Å². The van der Waals surface area contributed by atoms with Crippen LogP contribution in [0.15, 0.2) is 16.7 Å². The summed E-state index contributed by atoms with van der Waals surface area (Å²) in [6, 6.07) is 4.13. The van der Waals surface area contributed by atoms with E-state index in [1.165, 1.54) is 0 Å². The standard InChI is InChI=1S/C9H9BrN2/c1-6(4-11)9-3-8(10)5-12-7(9)2/h3,5-6H,1-2H3. The molecule has 1 aromatic rings. The van der Waals surface area contributed by atoms with Gasteiger partial charge in [-0.2, -0.15) is 5.26 Å². The number of pyridine rings is 1. The SMILES string of the molecule is Cc1ncc(Br)cc1C(C)C#N. The van der Waals surface area contributed by atoms with Crippen molar-refractivity contribution in [1.29, 1.82) is 5.26 Å². The normalized spacial score (nSPS) is 12.2. The third-order valence-corrected chi connectivity index (χ3v) is 2.19. The molecule has 0 aliphatic heterocycles. The van der Waals surface area contributed by atoms with E-state index >= 15 is 0 Å². The Bertz CT molecular complexity index is 328. The molecule has 12 heavy (non-hydrogen) atoms. The third-order valence-electron chi connectivity index (χ3n) is 1.75. The highest BCUT2D eigenvalue weighted by atomic mass is 79.9. The predicted octanol–water partition coefficient (Wildman–Crippen LogP) is 2.78. The third kappa shape index (κ3) is 1.83. The van der Waals surface area contributed by atoms with Crippen molar-refractivity contribution in [1.82, 2.24) is 4.98 Å². The molecule has 0 saturated heterocycles. The predicted molar refractivity (Wildman–Crippen MR) is 50.7 cm³/mol. The summed E-state index contributed by atoms with van der Waals surface area (Å²) in [5, 5.41) is 8.71. The molecule has 0 N–H and O–H groups in total. The second-order valence-electron chi connectivity index (χ2n) is 2.68. The summed E-state index contributed by atoms with van der Waals surface area (Å²) in [5.41, 5.74) is 1.92. The van der Waals surface area contributed by atoms with Crippen molar-refractivity contribution < 1.29 is 0 Å². The molecule has 62 valence electrons. The number of nitriles is 1. The Hall–Kier alpha value is -0.880. The molecule has 3 heteroatoms. The van der Waals surface area contributed by atoms with Gasteiger partial charge in [-0.25, -0.2) is 0 Å². The van der Waals surface area contributed by atoms with E-state index < -0.39 is 0 Å². The summed E-state index contributed by atoms with van der Waals surface area (Å²) in [7, 11) is 0. The molecule has 0 bridgehead atoms. The van der Waals surface area contributed by atoms with Gasteiger partial charge in [0.05, 0.1) is 12.0 Å². The zero-order chi connectivity index (χ0) is 9.14. The smallest absolute Gasteiger partial charge is 0.0702 e. The Morgan fingerprint density at radius 2 is 2.33 bits per heavy atom. The lowest BCUT2D eigenvalue weighted by molar-refractivity contribution is 0.938. The molecular weight excluding hydrogens is 216 g/mol. The summed E-state index contributed by atoms with van der Waals surface area (Å²) < 4.78 is 0.921. The van der Waals surface area contributed by atoms with E-state index in [1.54, 1.807) is 6.20 Å². The van der Waals surface area contributed by atoms with Crippen LogP contribution in [0.5, 0.6) is 0 Å². The van der Waals surface area contributed by atoms with Crippen molar-refractivity contribution >= 4 is 15.9 Å². The molecule has 0 aliphatic rings. The number of aryl methyl sites for hydroxylation is 1. The van der Waals surface area contributed by atoms with Crippen LogP contribution in [-0.2, 0) is 0 Å². The Morgan fingerprint density at radius 1 is 1.67 bits per heavy atom. The van der Waals surface area contributed by atoms with Crippen LogP contribution in [0.3, 0.4) is 0 Å². The van der Waals surface area contributed by atoms with Crippen LogP contribution >= 0.6 is 15.9 Å². The monoisotopic (exact) mass is 224 g/mol. The Kier molecular flexibility index (Phi) is 2.83. The van der Waals surface area contributed by atoms with Crippen molar-refractivity contribution in [3.8, 4) is 6.07 Å². The fourth-order valence-corrected chi connectivity index (χ4v) is 1.38. The van der Waals surface area contributed by atoms with Gasteiger partial charge in [-0.3, -0.25) is 4.98 Å². The van der Waals surface area contributed by atoms with Gasteiger partial charge in [-0.05, 0) is 41.4 Å². The average Bonchev–Trinajstić information content (AvgIpc) is 2.08. The number of hydrogen-bond donors (Lipinski definition) is 0. The first-order valence-electron chi connectivity index (χ1n) is 3.67. The molecule has 0 spiro atoms. The van der Waals surface area contributed by atoms with Crippen molar-refractivity contribution in [2.75, 3.05) is 0 Å². The van der Waals surface area contributed by atoms with E-state index in [9.17, 15) is 0 Å². The van der Waals surface area contributed by atoms with Crippen LogP contribution in [0, 0.1) is 18.3 Å². The molecule has 1 unspecified atom stereocenters. The molecule has 0 amide bonds. The molecule has 2 nitrogen and oxygen atoms in total. The molecule has 0 aromatic carbocycles. The van der Waals surface area contributed by atoms with E-state index in [-0.39, 0.29) is 5.92 Å². The summed E-state index contributed by atoms with van der Waals surface area (Å²) in [4.78, 5) is 4.15.